The van der Waals surface area contributed by atoms with E-state index in [0.717, 1.165) is 0 Å². The second kappa shape index (κ2) is 11.0. The van der Waals surface area contributed by atoms with Crippen molar-refractivity contribution in [2.24, 2.45) is 0 Å². The van der Waals surface area contributed by atoms with Crippen LogP contribution >= 0.6 is 0 Å². The summed E-state index contributed by atoms with van der Waals surface area (Å²) in [5.74, 6) is -0.343. The first-order valence-electron chi connectivity index (χ1n) is 11.7. The lowest BCUT2D eigenvalue weighted by Gasteiger charge is -2.35. The van der Waals surface area contributed by atoms with E-state index in [0.29, 0.717) is 44.8 Å². The number of sulfonamides is 1. The van der Waals surface area contributed by atoms with E-state index in [1.807, 2.05) is 0 Å². The number of hydrogen-bond acceptors (Lipinski definition) is 6. The molecule has 2 aliphatic rings. The molecule has 4 rings (SSSR count). The Morgan fingerprint density at radius 2 is 1.17 bits per heavy atom. The summed E-state index contributed by atoms with van der Waals surface area (Å²) in [4.78, 5) is 47.0. The van der Waals surface area contributed by atoms with Crippen molar-refractivity contribution in [2.45, 2.75) is 17.7 Å². The first kappa shape index (κ1) is 24.8. The summed E-state index contributed by atoms with van der Waals surface area (Å²) in [7, 11) is -3.58. The van der Waals surface area contributed by atoms with Crippen molar-refractivity contribution in [1.29, 1.82) is 0 Å². The van der Waals surface area contributed by atoms with Gasteiger partial charge in [0.15, 0.2) is 0 Å². The van der Waals surface area contributed by atoms with Crippen molar-refractivity contribution in [3.63, 3.8) is 0 Å². The lowest BCUT2D eigenvalue weighted by Crippen LogP contribution is -2.51. The molecule has 2 saturated heterocycles. The molecule has 3 heterocycles. The maximum absolute atomic E-state index is 12.7. The van der Waals surface area contributed by atoms with Gasteiger partial charge in [0, 0.05) is 83.2 Å². The number of carbonyl (C=O) groups excluding carboxylic acids is 3. The molecule has 2 fully saturated rings. The predicted molar refractivity (Wildman–Crippen MR) is 128 cm³/mol. The Morgan fingerprint density at radius 3 is 1.71 bits per heavy atom. The Kier molecular flexibility index (Phi) is 7.76. The van der Waals surface area contributed by atoms with Crippen molar-refractivity contribution in [1.82, 2.24) is 24.0 Å². The fraction of sp³-hybridized carbons (Fsp3) is 0.417. The van der Waals surface area contributed by atoms with Crippen LogP contribution in [0, 0.1) is 0 Å². The number of piperazine rings is 2. The van der Waals surface area contributed by atoms with Crippen LogP contribution in [0.3, 0.4) is 0 Å². The minimum atomic E-state index is -3.58. The molecule has 0 bridgehead atoms. The molecule has 0 spiro atoms. The Morgan fingerprint density at radius 1 is 0.686 bits per heavy atom. The van der Waals surface area contributed by atoms with E-state index < -0.39 is 10.0 Å². The first-order valence-corrected chi connectivity index (χ1v) is 13.1. The summed E-state index contributed by atoms with van der Waals surface area (Å²) < 4.78 is 26.9. The zero-order valence-electron chi connectivity index (χ0n) is 19.5. The van der Waals surface area contributed by atoms with E-state index >= 15 is 0 Å². The maximum Gasteiger partial charge on any atom is 0.254 e. The highest BCUT2D eigenvalue weighted by molar-refractivity contribution is 7.89. The van der Waals surface area contributed by atoms with Crippen LogP contribution in [0.5, 0.6) is 0 Å². The van der Waals surface area contributed by atoms with Gasteiger partial charge >= 0.3 is 0 Å². The normalized spacial score (nSPS) is 17.3. The van der Waals surface area contributed by atoms with Crippen LogP contribution in [-0.2, 0) is 19.6 Å². The Balaban J connectivity index is 1.20. The fourth-order valence-corrected chi connectivity index (χ4v) is 5.73. The molecule has 3 amide bonds. The topological polar surface area (TPSA) is 111 Å². The molecule has 0 unspecified atom stereocenters. The minimum Gasteiger partial charge on any atom is -0.340 e. The lowest BCUT2D eigenvalue weighted by atomic mass is 10.2. The summed E-state index contributed by atoms with van der Waals surface area (Å²) in [5, 5.41) is 0. The predicted octanol–water partition coefficient (Wildman–Crippen LogP) is 0.679. The molecular formula is C24H29N5O5S. The van der Waals surface area contributed by atoms with Crippen LogP contribution in [0.2, 0.25) is 0 Å². The van der Waals surface area contributed by atoms with Crippen molar-refractivity contribution >= 4 is 27.7 Å². The summed E-state index contributed by atoms with van der Waals surface area (Å²) in [6.45, 7) is 2.80. The molecule has 10 nitrogen and oxygen atoms in total. The third kappa shape index (κ3) is 5.85. The zero-order chi connectivity index (χ0) is 24.8. The van der Waals surface area contributed by atoms with Crippen LogP contribution < -0.4 is 0 Å². The van der Waals surface area contributed by atoms with E-state index in [4.69, 9.17) is 0 Å². The Bertz CT molecular complexity index is 1140. The SMILES string of the molecule is O=C(CCC(=O)N1CCN(S(=O)(=O)c2ccccc2)CC1)N1CCN(C(=O)c2ccncc2)CC1. The molecule has 186 valence electrons. The van der Waals surface area contributed by atoms with Gasteiger partial charge in [0.1, 0.15) is 0 Å². The summed E-state index contributed by atoms with van der Waals surface area (Å²) in [6, 6.07) is 11.6. The van der Waals surface area contributed by atoms with Gasteiger partial charge in [0.05, 0.1) is 4.90 Å². The van der Waals surface area contributed by atoms with Gasteiger partial charge in [-0.2, -0.15) is 4.31 Å². The van der Waals surface area contributed by atoms with Crippen molar-refractivity contribution in [3.05, 3.63) is 60.4 Å². The fourth-order valence-electron chi connectivity index (χ4n) is 4.29. The van der Waals surface area contributed by atoms with Gasteiger partial charge in [0.25, 0.3) is 5.91 Å². The van der Waals surface area contributed by atoms with E-state index in [1.54, 1.807) is 69.6 Å². The number of rotatable bonds is 6. The molecule has 0 atom stereocenters. The summed E-state index contributed by atoms with van der Waals surface area (Å²) >= 11 is 0. The highest BCUT2D eigenvalue weighted by Crippen LogP contribution is 2.18. The third-order valence-electron chi connectivity index (χ3n) is 6.37. The number of carbonyl (C=O) groups is 3. The molecule has 2 aliphatic heterocycles. The average Bonchev–Trinajstić information content (AvgIpc) is 2.92. The second-order valence-corrected chi connectivity index (χ2v) is 10.4. The highest BCUT2D eigenvalue weighted by Gasteiger charge is 2.30. The molecule has 11 heteroatoms. The van der Waals surface area contributed by atoms with Crippen molar-refractivity contribution in [3.8, 4) is 0 Å². The van der Waals surface area contributed by atoms with Crippen LogP contribution in [0.4, 0.5) is 0 Å². The monoisotopic (exact) mass is 499 g/mol. The Labute approximate surface area is 205 Å². The zero-order valence-corrected chi connectivity index (χ0v) is 20.3. The Hall–Kier alpha value is -3.31. The number of amides is 3. The molecule has 0 saturated carbocycles. The van der Waals surface area contributed by atoms with Gasteiger partial charge in [-0.3, -0.25) is 19.4 Å². The van der Waals surface area contributed by atoms with Gasteiger partial charge in [0.2, 0.25) is 21.8 Å². The average molecular weight is 500 g/mol. The number of pyridine rings is 1. The summed E-state index contributed by atoms with van der Waals surface area (Å²) in [5.41, 5.74) is 0.571. The van der Waals surface area contributed by atoms with Crippen LogP contribution in [0.15, 0.2) is 59.8 Å². The lowest BCUT2D eigenvalue weighted by molar-refractivity contribution is -0.138. The molecule has 1 aromatic carbocycles. The molecule has 2 aromatic rings. The van der Waals surface area contributed by atoms with Gasteiger partial charge in [-0.05, 0) is 24.3 Å². The molecule has 0 radical (unpaired) electrons. The van der Waals surface area contributed by atoms with Crippen molar-refractivity contribution < 1.29 is 22.8 Å². The maximum atomic E-state index is 12.7. The third-order valence-corrected chi connectivity index (χ3v) is 8.28. The van der Waals surface area contributed by atoms with E-state index in [1.165, 1.54) is 4.31 Å². The first-order chi connectivity index (χ1) is 16.9. The van der Waals surface area contributed by atoms with Crippen molar-refractivity contribution in [2.75, 3.05) is 52.4 Å². The van der Waals surface area contributed by atoms with Gasteiger partial charge in [-0.25, -0.2) is 8.42 Å². The second-order valence-electron chi connectivity index (χ2n) is 8.51. The molecule has 1 aromatic heterocycles. The van der Waals surface area contributed by atoms with Gasteiger partial charge in [-0.15, -0.1) is 0 Å². The smallest absolute Gasteiger partial charge is 0.254 e. The van der Waals surface area contributed by atoms with Gasteiger partial charge in [-0.1, -0.05) is 18.2 Å². The number of aromatic nitrogens is 1. The van der Waals surface area contributed by atoms with E-state index in [2.05, 4.69) is 4.98 Å². The molecule has 0 N–H and O–H groups in total. The van der Waals surface area contributed by atoms with Crippen LogP contribution in [0.1, 0.15) is 23.2 Å². The molecule has 35 heavy (non-hydrogen) atoms. The molecule has 0 aliphatic carbocycles. The van der Waals surface area contributed by atoms with E-state index in [-0.39, 0.29) is 48.5 Å². The number of benzene rings is 1. The van der Waals surface area contributed by atoms with Gasteiger partial charge < -0.3 is 14.7 Å². The largest absolute Gasteiger partial charge is 0.340 e. The standard InChI is InChI=1S/C24H29N5O5S/c30-22(26-12-14-28(15-13-26)24(32)20-8-10-25-11-9-20)6-7-23(31)27-16-18-29(19-17-27)35(33,34)21-4-2-1-3-5-21/h1-5,8-11H,6-7,12-19H2. The van der Waals surface area contributed by atoms with E-state index in [9.17, 15) is 22.8 Å². The van der Waals surface area contributed by atoms with Crippen LogP contribution in [0.25, 0.3) is 0 Å². The quantitative estimate of drug-likeness (QED) is 0.578. The highest BCUT2D eigenvalue weighted by atomic mass is 32.2. The number of nitrogens with zero attached hydrogens (tertiary/aromatic N) is 5. The molecular weight excluding hydrogens is 470 g/mol. The number of hydrogen-bond donors (Lipinski definition) is 0. The van der Waals surface area contributed by atoms with Crippen LogP contribution in [-0.4, -0.2) is 102 Å². The summed E-state index contributed by atoms with van der Waals surface area (Å²) in [6.07, 6.45) is 3.33. The minimum absolute atomic E-state index is 0.0805.